The lowest BCUT2D eigenvalue weighted by Gasteiger charge is -2.17. The van der Waals surface area contributed by atoms with Gasteiger partial charge >= 0.3 is 5.97 Å². The first-order chi connectivity index (χ1) is 11.6. The molecular formula is C17H20N4O3. The third kappa shape index (κ3) is 3.30. The predicted octanol–water partition coefficient (Wildman–Crippen LogP) is 1.15. The number of anilines is 1. The molecule has 0 unspecified atom stereocenters. The second-order valence-electron chi connectivity index (χ2n) is 5.88. The maximum absolute atomic E-state index is 12.6. The van der Waals surface area contributed by atoms with Gasteiger partial charge in [-0.3, -0.25) is 9.48 Å². The summed E-state index contributed by atoms with van der Waals surface area (Å²) in [5, 5.41) is 10.4. The molecule has 0 saturated carbocycles. The molecule has 3 rings (SSSR count). The molecule has 1 aliphatic rings. The molecule has 7 nitrogen and oxygen atoms in total. The molecule has 7 heteroatoms. The predicted molar refractivity (Wildman–Crippen MR) is 88.7 cm³/mol. The van der Waals surface area contributed by atoms with E-state index in [2.05, 4.69) is 20.5 Å². The highest BCUT2D eigenvalue weighted by Gasteiger charge is 2.34. The van der Waals surface area contributed by atoms with Gasteiger partial charge in [0.15, 0.2) is 0 Å². The molecule has 2 heterocycles. The van der Waals surface area contributed by atoms with Gasteiger partial charge in [-0.25, -0.2) is 4.79 Å². The molecule has 2 atom stereocenters. The van der Waals surface area contributed by atoms with Crippen LogP contribution >= 0.6 is 0 Å². The third-order valence-electron chi connectivity index (χ3n) is 4.28. The molecule has 2 aromatic rings. The highest BCUT2D eigenvalue weighted by molar-refractivity contribution is 5.95. The molecule has 0 spiro atoms. The second kappa shape index (κ2) is 6.84. The van der Waals surface area contributed by atoms with Gasteiger partial charge < -0.3 is 15.4 Å². The number of nitrogens with one attached hydrogen (secondary N) is 2. The van der Waals surface area contributed by atoms with Crippen molar-refractivity contribution >= 4 is 17.6 Å². The fourth-order valence-electron chi connectivity index (χ4n) is 2.98. The number of carbonyl (C=O) groups is 2. The van der Waals surface area contributed by atoms with E-state index in [-0.39, 0.29) is 17.7 Å². The molecule has 1 aliphatic heterocycles. The number of nitrogens with zero attached hydrogens (tertiary/aromatic N) is 2. The maximum atomic E-state index is 12.6. The van der Waals surface area contributed by atoms with Crippen LogP contribution < -0.4 is 10.6 Å². The summed E-state index contributed by atoms with van der Waals surface area (Å²) in [6.45, 7) is 1.39. The second-order valence-corrected chi connectivity index (χ2v) is 5.88. The van der Waals surface area contributed by atoms with Gasteiger partial charge in [0, 0.05) is 37.9 Å². The molecule has 1 fully saturated rings. The number of aryl methyl sites for hydroxylation is 1. The van der Waals surface area contributed by atoms with Crippen molar-refractivity contribution in [2.45, 2.75) is 5.92 Å². The van der Waals surface area contributed by atoms with Crippen LogP contribution in [0.2, 0.25) is 0 Å². The number of carbonyl (C=O) groups excluding carboxylic acids is 2. The van der Waals surface area contributed by atoms with E-state index in [1.807, 2.05) is 19.4 Å². The van der Waals surface area contributed by atoms with Crippen molar-refractivity contribution in [2.24, 2.45) is 13.0 Å². The minimum absolute atomic E-state index is 0.0420. The Labute approximate surface area is 140 Å². The van der Waals surface area contributed by atoms with E-state index in [1.54, 1.807) is 28.9 Å². The zero-order chi connectivity index (χ0) is 17.1. The van der Waals surface area contributed by atoms with Crippen LogP contribution in [-0.4, -0.2) is 41.9 Å². The maximum Gasteiger partial charge on any atom is 0.337 e. The third-order valence-corrected chi connectivity index (χ3v) is 4.28. The van der Waals surface area contributed by atoms with E-state index >= 15 is 0 Å². The van der Waals surface area contributed by atoms with Crippen LogP contribution in [-0.2, 0) is 16.6 Å². The molecule has 0 radical (unpaired) electrons. The van der Waals surface area contributed by atoms with Crippen LogP contribution in [0.15, 0.2) is 36.7 Å². The smallest absolute Gasteiger partial charge is 0.337 e. The molecule has 126 valence electrons. The van der Waals surface area contributed by atoms with E-state index in [4.69, 9.17) is 0 Å². The van der Waals surface area contributed by atoms with Gasteiger partial charge in [0.2, 0.25) is 5.91 Å². The molecule has 1 aromatic carbocycles. The molecule has 1 amide bonds. The molecule has 24 heavy (non-hydrogen) atoms. The first-order valence-corrected chi connectivity index (χ1v) is 7.77. The zero-order valence-corrected chi connectivity index (χ0v) is 13.7. The molecule has 0 aliphatic carbocycles. The van der Waals surface area contributed by atoms with Gasteiger partial charge in [-0.2, -0.15) is 5.10 Å². The van der Waals surface area contributed by atoms with E-state index in [0.717, 1.165) is 12.1 Å². The Bertz CT molecular complexity index is 739. The SMILES string of the molecule is COC(=O)c1ccc(NC(=O)[C@H]2CNC[C@@H]2c2cnn(C)c2)cc1. The number of esters is 1. The van der Waals surface area contributed by atoms with Crippen molar-refractivity contribution in [2.75, 3.05) is 25.5 Å². The quantitative estimate of drug-likeness (QED) is 0.823. The van der Waals surface area contributed by atoms with Crippen molar-refractivity contribution in [3.63, 3.8) is 0 Å². The van der Waals surface area contributed by atoms with E-state index < -0.39 is 5.97 Å². The summed E-state index contributed by atoms with van der Waals surface area (Å²) in [4.78, 5) is 24.0. The van der Waals surface area contributed by atoms with Crippen LogP contribution in [0.25, 0.3) is 0 Å². The summed E-state index contributed by atoms with van der Waals surface area (Å²) in [5.41, 5.74) is 2.17. The van der Waals surface area contributed by atoms with Crippen molar-refractivity contribution in [3.8, 4) is 0 Å². The first-order valence-electron chi connectivity index (χ1n) is 7.77. The molecule has 2 N–H and O–H groups in total. The van der Waals surface area contributed by atoms with Crippen LogP contribution in [0.1, 0.15) is 21.8 Å². The summed E-state index contributed by atoms with van der Waals surface area (Å²) in [6.07, 6.45) is 3.76. The Kier molecular flexibility index (Phi) is 4.61. The summed E-state index contributed by atoms with van der Waals surface area (Å²) in [5.74, 6) is -0.494. The van der Waals surface area contributed by atoms with E-state index in [0.29, 0.717) is 17.8 Å². The minimum Gasteiger partial charge on any atom is -0.465 e. The first kappa shape index (κ1) is 16.2. The highest BCUT2D eigenvalue weighted by Crippen LogP contribution is 2.28. The number of hydrogen-bond acceptors (Lipinski definition) is 5. The summed E-state index contributed by atoms with van der Waals surface area (Å²) >= 11 is 0. The van der Waals surface area contributed by atoms with E-state index in [9.17, 15) is 9.59 Å². The average molecular weight is 328 g/mol. The average Bonchev–Trinajstić information content (AvgIpc) is 3.23. The van der Waals surface area contributed by atoms with Crippen LogP contribution in [0.3, 0.4) is 0 Å². The Balaban J connectivity index is 1.68. The van der Waals surface area contributed by atoms with Crippen LogP contribution in [0.5, 0.6) is 0 Å². The van der Waals surface area contributed by atoms with E-state index in [1.165, 1.54) is 7.11 Å². The lowest BCUT2D eigenvalue weighted by molar-refractivity contribution is -0.119. The zero-order valence-electron chi connectivity index (χ0n) is 13.7. The molecule has 0 bridgehead atoms. The fraction of sp³-hybridized carbons (Fsp3) is 0.353. The van der Waals surface area contributed by atoms with Gasteiger partial charge in [-0.15, -0.1) is 0 Å². The summed E-state index contributed by atoms with van der Waals surface area (Å²) in [7, 11) is 3.20. The lowest BCUT2D eigenvalue weighted by atomic mass is 9.90. The molecule has 1 saturated heterocycles. The monoisotopic (exact) mass is 328 g/mol. The molecule has 1 aromatic heterocycles. The summed E-state index contributed by atoms with van der Waals surface area (Å²) in [6, 6.07) is 6.66. The largest absolute Gasteiger partial charge is 0.465 e. The van der Waals surface area contributed by atoms with Crippen LogP contribution in [0, 0.1) is 5.92 Å². The number of aromatic nitrogens is 2. The number of hydrogen-bond donors (Lipinski definition) is 2. The lowest BCUT2D eigenvalue weighted by Crippen LogP contribution is -2.28. The van der Waals surface area contributed by atoms with Crippen LogP contribution in [0.4, 0.5) is 5.69 Å². The Hall–Kier alpha value is -2.67. The van der Waals surface area contributed by atoms with Gasteiger partial charge in [0.05, 0.1) is 24.8 Å². The number of ether oxygens (including phenoxy) is 1. The van der Waals surface area contributed by atoms with Gasteiger partial charge in [0.25, 0.3) is 0 Å². The summed E-state index contributed by atoms with van der Waals surface area (Å²) < 4.78 is 6.41. The topological polar surface area (TPSA) is 85.2 Å². The normalized spacial score (nSPS) is 19.9. The van der Waals surface area contributed by atoms with Gasteiger partial charge in [-0.1, -0.05) is 0 Å². The van der Waals surface area contributed by atoms with Crippen molar-refractivity contribution < 1.29 is 14.3 Å². The fourth-order valence-corrected chi connectivity index (χ4v) is 2.98. The number of rotatable bonds is 4. The molecular weight excluding hydrogens is 308 g/mol. The highest BCUT2D eigenvalue weighted by atomic mass is 16.5. The minimum atomic E-state index is -0.399. The number of benzene rings is 1. The van der Waals surface area contributed by atoms with Gasteiger partial charge in [0.1, 0.15) is 0 Å². The standard InChI is InChI=1S/C17H20N4O3/c1-21-10-12(7-19-21)14-8-18-9-15(14)16(22)20-13-5-3-11(4-6-13)17(23)24-2/h3-7,10,14-15,18H,8-9H2,1-2H3,(H,20,22)/t14-,15+/m1/s1. The van der Waals surface area contributed by atoms with Crippen molar-refractivity contribution in [3.05, 3.63) is 47.8 Å². The Morgan fingerprint density at radius 2 is 2.04 bits per heavy atom. The Morgan fingerprint density at radius 3 is 2.67 bits per heavy atom. The van der Waals surface area contributed by atoms with Crippen molar-refractivity contribution in [1.29, 1.82) is 0 Å². The number of amides is 1. The Morgan fingerprint density at radius 1 is 1.29 bits per heavy atom. The van der Waals surface area contributed by atoms with Crippen molar-refractivity contribution in [1.82, 2.24) is 15.1 Å². The number of methoxy groups -OCH3 is 1. The van der Waals surface area contributed by atoms with Gasteiger partial charge in [-0.05, 0) is 29.8 Å².